The Kier molecular flexibility index (Phi) is 8.02. The largest absolute Gasteiger partial charge is 0.374 e. The van der Waals surface area contributed by atoms with Crippen LogP contribution in [0.2, 0.25) is 0 Å². The number of ketones is 1. The molecule has 0 unspecified atom stereocenters. The fraction of sp³-hybridized carbons (Fsp3) is 0.579. The molecule has 0 saturated heterocycles. The van der Waals surface area contributed by atoms with Crippen molar-refractivity contribution < 1.29 is 14.3 Å². The summed E-state index contributed by atoms with van der Waals surface area (Å²) in [4.78, 5) is 22.4. The van der Waals surface area contributed by atoms with E-state index < -0.39 is 0 Å². The first-order chi connectivity index (χ1) is 11.0. The van der Waals surface area contributed by atoms with E-state index in [-0.39, 0.29) is 20.7 Å². The van der Waals surface area contributed by atoms with Gasteiger partial charge in [0.05, 0.1) is 12.2 Å². The van der Waals surface area contributed by atoms with Gasteiger partial charge in [0.25, 0.3) is 0 Å². The zero-order chi connectivity index (χ0) is 18.4. The molecule has 0 spiro atoms. The summed E-state index contributed by atoms with van der Waals surface area (Å²) in [5, 5.41) is 3.48. The Hall–Kier alpha value is -0.790. The van der Waals surface area contributed by atoms with Gasteiger partial charge in [0, 0.05) is 46.7 Å². The van der Waals surface area contributed by atoms with Crippen molar-refractivity contribution in [3.05, 3.63) is 35.4 Å². The van der Waals surface area contributed by atoms with Gasteiger partial charge in [-0.3, -0.25) is 4.79 Å². The van der Waals surface area contributed by atoms with Gasteiger partial charge in [0.2, 0.25) is 3.79 Å². The first-order valence-corrected chi connectivity index (χ1v) is 9.26. The topological polar surface area (TPSA) is 55.4 Å². The number of halogens is 1. The summed E-state index contributed by atoms with van der Waals surface area (Å²) >= 11 is 1.79. The second-order valence-electron chi connectivity index (χ2n) is 7.46. The Balaban J connectivity index is 2.48. The zero-order valence-corrected chi connectivity index (χ0v) is 17.4. The maximum Gasteiger partial charge on any atom is 0.222 e. The highest BCUT2D eigenvalue weighted by molar-refractivity contribution is 14.1. The molecule has 0 atom stereocenters. The SMILES string of the molecule is CC(=O)CCC(C)(C)OCC(C)(C)NCc1ccc(C(=O)I)cc1. The molecule has 1 aromatic carbocycles. The molecular weight excluding hydrogens is 417 g/mol. The highest BCUT2D eigenvalue weighted by Crippen LogP contribution is 2.19. The molecule has 0 aromatic heterocycles. The minimum atomic E-state index is -0.313. The maximum atomic E-state index is 11.3. The van der Waals surface area contributed by atoms with E-state index in [2.05, 4.69) is 19.2 Å². The lowest BCUT2D eigenvalue weighted by Gasteiger charge is -2.32. The third-order valence-corrected chi connectivity index (χ3v) is 4.48. The average molecular weight is 445 g/mol. The molecule has 0 bridgehead atoms. The molecule has 1 rings (SSSR count). The molecule has 0 aliphatic rings. The van der Waals surface area contributed by atoms with E-state index in [9.17, 15) is 9.59 Å². The summed E-state index contributed by atoms with van der Waals surface area (Å²) in [5.41, 5.74) is 1.34. The maximum absolute atomic E-state index is 11.3. The second kappa shape index (κ2) is 9.06. The summed E-state index contributed by atoms with van der Waals surface area (Å²) in [6.45, 7) is 11.1. The Labute approximate surface area is 158 Å². The predicted octanol–water partition coefficient (Wildman–Crippen LogP) is 4.29. The standard InChI is InChI=1S/C19H28INO3/c1-14(22)10-11-19(4,5)24-13-18(2,3)21-12-15-6-8-16(9-7-15)17(20)23/h6-9,21H,10-13H2,1-5H3. The molecule has 0 amide bonds. The van der Waals surface area contributed by atoms with Crippen molar-refractivity contribution in [2.75, 3.05) is 6.61 Å². The van der Waals surface area contributed by atoms with Gasteiger partial charge in [0.1, 0.15) is 5.78 Å². The van der Waals surface area contributed by atoms with Crippen LogP contribution in [-0.4, -0.2) is 27.3 Å². The van der Waals surface area contributed by atoms with Gasteiger partial charge in [-0.1, -0.05) is 24.3 Å². The lowest BCUT2D eigenvalue weighted by Crippen LogP contribution is -2.45. The second-order valence-corrected chi connectivity index (χ2v) is 8.44. The number of ether oxygens (including phenoxy) is 1. The van der Waals surface area contributed by atoms with E-state index in [1.807, 2.05) is 38.1 Å². The van der Waals surface area contributed by atoms with Crippen molar-refractivity contribution in [1.82, 2.24) is 5.32 Å². The van der Waals surface area contributed by atoms with Crippen molar-refractivity contribution >= 4 is 32.2 Å². The molecule has 0 heterocycles. The Bertz CT molecular complexity index is 564. The third kappa shape index (κ3) is 8.35. The normalized spacial score (nSPS) is 12.2. The molecule has 5 heteroatoms. The van der Waals surface area contributed by atoms with Crippen LogP contribution in [0.1, 0.15) is 63.4 Å². The van der Waals surface area contributed by atoms with Crippen LogP contribution < -0.4 is 5.32 Å². The van der Waals surface area contributed by atoms with E-state index in [1.165, 1.54) is 0 Å². The Morgan fingerprint density at radius 1 is 1.12 bits per heavy atom. The molecule has 0 saturated carbocycles. The van der Waals surface area contributed by atoms with Gasteiger partial charge >= 0.3 is 0 Å². The molecule has 134 valence electrons. The monoisotopic (exact) mass is 445 g/mol. The van der Waals surface area contributed by atoms with E-state index in [4.69, 9.17) is 4.74 Å². The first-order valence-electron chi connectivity index (χ1n) is 8.18. The smallest absolute Gasteiger partial charge is 0.222 e. The molecule has 0 aliphatic heterocycles. The lowest BCUT2D eigenvalue weighted by atomic mass is 10.00. The van der Waals surface area contributed by atoms with Crippen LogP contribution in [0.15, 0.2) is 24.3 Å². The van der Waals surface area contributed by atoms with Gasteiger partial charge in [-0.15, -0.1) is 0 Å². The number of Topliss-reactive ketones (excluding diaryl/α,β-unsaturated/α-hetero) is 1. The zero-order valence-electron chi connectivity index (χ0n) is 15.2. The van der Waals surface area contributed by atoms with E-state index in [1.54, 1.807) is 29.5 Å². The Morgan fingerprint density at radius 2 is 1.71 bits per heavy atom. The molecule has 0 radical (unpaired) electrons. The quantitative estimate of drug-likeness (QED) is 0.431. The minimum absolute atomic E-state index is 0.0497. The number of carbonyl (C=O) groups excluding carboxylic acids is 2. The van der Waals surface area contributed by atoms with E-state index in [0.29, 0.717) is 25.1 Å². The number of rotatable bonds is 10. The molecular formula is C19H28INO3. The number of benzene rings is 1. The number of nitrogens with one attached hydrogen (secondary N) is 1. The molecule has 0 aliphatic carbocycles. The van der Waals surface area contributed by atoms with Crippen LogP contribution >= 0.6 is 22.6 Å². The number of carbonyl (C=O) groups is 2. The number of hydrogen-bond donors (Lipinski definition) is 1. The first kappa shape index (κ1) is 21.3. The summed E-state index contributed by atoms with van der Waals surface area (Å²) in [6, 6.07) is 7.62. The molecule has 24 heavy (non-hydrogen) atoms. The average Bonchev–Trinajstić information content (AvgIpc) is 2.50. The summed E-state index contributed by atoms with van der Waals surface area (Å²) in [7, 11) is 0. The van der Waals surface area contributed by atoms with Gasteiger partial charge < -0.3 is 14.8 Å². The van der Waals surface area contributed by atoms with E-state index >= 15 is 0 Å². The van der Waals surface area contributed by atoms with Crippen molar-refractivity contribution in [3.63, 3.8) is 0 Å². The summed E-state index contributed by atoms with van der Waals surface area (Å²) < 4.78 is 6.07. The fourth-order valence-electron chi connectivity index (χ4n) is 2.07. The van der Waals surface area contributed by atoms with Crippen LogP contribution in [0.4, 0.5) is 0 Å². The van der Waals surface area contributed by atoms with Gasteiger partial charge in [-0.25, -0.2) is 0 Å². The molecule has 0 fully saturated rings. The lowest BCUT2D eigenvalue weighted by molar-refractivity contribution is -0.119. The molecule has 1 N–H and O–H groups in total. The van der Waals surface area contributed by atoms with Gasteiger partial charge in [0.15, 0.2) is 0 Å². The molecule has 4 nitrogen and oxygen atoms in total. The van der Waals surface area contributed by atoms with Crippen LogP contribution in [0.25, 0.3) is 0 Å². The minimum Gasteiger partial charge on any atom is -0.374 e. The van der Waals surface area contributed by atoms with Crippen molar-refractivity contribution in [3.8, 4) is 0 Å². The highest BCUT2D eigenvalue weighted by Gasteiger charge is 2.24. The van der Waals surface area contributed by atoms with Crippen molar-refractivity contribution in [1.29, 1.82) is 0 Å². The van der Waals surface area contributed by atoms with Crippen molar-refractivity contribution in [2.24, 2.45) is 0 Å². The Morgan fingerprint density at radius 3 is 2.21 bits per heavy atom. The summed E-state index contributed by atoms with van der Waals surface area (Å²) in [5.74, 6) is 0.192. The fourth-order valence-corrected chi connectivity index (χ4v) is 2.43. The van der Waals surface area contributed by atoms with E-state index in [0.717, 1.165) is 12.0 Å². The summed E-state index contributed by atoms with van der Waals surface area (Å²) in [6.07, 6.45) is 1.27. The van der Waals surface area contributed by atoms with Gasteiger partial charge in [-0.2, -0.15) is 0 Å². The third-order valence-electron chi connectivity index (χ3n) is 3.85. The van der Waals surface area contributed by atoms with Crippen LogP contribution in [0.3, 0.4) is 0 Å². The van der Waals surface area contributed by atoms with Crippen molar-refractivity contribution in [2.45, 2.75) is 65.1 Å². The van der Waals surface area contributed by atoms with Crippen LogP contribution in [-0.2, 0) is 16.1 Å². The number of hydrogen-bond acceptors (Lipinski definition) is 4. The molecule has 1 aromatic rings. The highest BCUT2D eigenvalue weighted by atomic mass is 127. The van der Waals surface area contributed by atoms with Gasteiger partial charge in [-0.05, 0) is 46.6 Å². The predicted molar refractivity (Wildman–Crippen MR) is 106 cm³/mol. The van der Waals surface area contributed by atoms with Crippen LogP contribution in [0.5, 0.6) is 0 Å². The van der Waals surface area contributed by atoms with Crippen LogP contribution in [0, 0.1) is 0 Å².